The second kappa shape index (κ2) is 8.55. The highest BCUT2D eigenvalue weighted by Crippen LogP contribution is 2.37. The van der Waals surface area contributed by atoms with Gasteiger partial charge in [0.2, 0.25) is 10.0 Å². The van der Waals surface area contributed by atoms with Gasteiger partial charge in [0.1, 0.15) is 15.6 Å². The molecular formula is C21H21N3O4S2. The summed E-state index contributed by atoms with van der Waals surface area (Å²) in [5.74, 6) is 0.179. The van der Waals surface area contributed by atoms with Gasteiger partial charge in [0, 0.05) is 43.3 Å². The fourth-order valence-electron chi connectivity index (χ4n) is 3.48. The Morgan fingerprint density at radius 2 is 1.73 bits per heavy atom. The molecule has 156 valence electrons. The first-order valence-corrected chi connectivity index (χ1v) is 11.8. The van der Waals surface area contributed by atoms with Crippen molar-refractivity contribution in [3.05, 3.63) is 65.0 Å². The fraction of sp³-hybridized carbons (Fsp3) is 0.238. The SMILES string of the molecule is COC(=O)c1scc(-c2ccccc2)c1S(=O)(=O)N1CCN(c2ccccn2)CC1. The average Bonchev–Trinajstić information content (AvgIpc) is 3.26. The van der Waals surface area contributed by atoms with Gasteiger partial charge in [-0.25, -0.2) is 18.2 Å². The lowest BCUT2D eigenvalue weighted by Gasteiger charge is -2.34. The summed E-state index contributed by atoms with van der Waals surface area (Å²) in [4.78, 5) is 18.9. The smallest absolute Gasteiger partial charge is 0.349 e. The standard InChI is InChI=1S/C21H21N3O4S2/c1-28-21(25)19-20(17(15-29-19)16-7-3-2-4-8-16)30(26,27)24-13-11-23(12-14-24)18-9-5-6-10-22-18/h2-10,15H,11-14H2,1H3. The zero-order valence-corrected chi connectivity index (χ0v) is 18.0. The van der Waals surface area contributed by atoms with Gasteiger partial charge in [0.05, 0.1) is 7.11 Å². The van der Waals surface area contributed by atoms with E-state index in [2.05, 4.69) is 9.88 Å². The van der Waals surface area contributed by atoms with Crippen LogP contribution in [0.4, 0.5) is 5.82 Å². The monoisotopic (exact) mass is 443 g/mol. The van der Waals surface area contributed by atoms with Crippen molar-refractivity contribution in [3.8, 4) is 11.1 Å². The quantitative estimate of drug-likeness (QED) is 0.564. The van der Waals surface area contributed by atoms with Gasteiger partial charge >= 0.3 is 5.97 Å². The van der Waals surface area contributed by atoms with Gasteiger partial charge in [-0.15, -0.1) is 11.3 Å². The van der Waals surface area contributed by atoms with Crippen LogP contribution in [0.25, 0.3) is 11.1 Å². The van der Waals surface area contributed by atoms with Gasteiger partial charge in [-0.05, 0) is 17.7 Å². The van der Waals surface area contributed by atoms with Crippen LogP contribution in [-0.4, -0.2) is 57.0 Å². The number of sulfonamides is 1. The highest BCUT2D eigenvalue weighted by molar-refractivity contribution is 7.89. The van der Waals surface area contributed by atoms with Crippen LogP contribution in [0, 0.1) is 0 Å². The number of esters is 1. The number of hydrogen-bond donors (Lipinski definition) is 0. The largest absolute Gasteiger partial charge is 0.465 e. The lowest BCUT2D eigenvalue weighted by Crippen LogP contribution is -2.49. The van der Waals surface area contributed by atoms with Crippen LogP contribution >= 0.6 is 11.3 Å². The third kappa shape index (κ3) is 3.83. The summed E-state index contributed by atoms with van der Waals surface area (Å²) in [5.41, 5.74) is 1.27. The molecule has 0 radical (unpaired) electrons. The van der Waals surface area contributed by atoms with E-state index in [4.69, 9.17) is 4.74 Å². The van der Waals surface area contributed by atoms with Gasteiger partial charge < -0.3 is 9.64 Å². The molecule has 0 bridgehead atoms. The van der Waals surface area contributed by atoms with E-state index in [9.17, 15) is 13.2 Å². The Bertz CT molecular complexity index is 1120. The number of nitrogens with zero attached hydrogens (tertiary/aromatic N) is 3. The highest BCUT2D eigenvalue weighted by Gasteiger charge is 2.36. The number of carbonyl (C=O) groups is 1. The molecule has 0 atom stereocenters. The molecule has 4 rings (SSSR count). The third-order valence-corrected chi connectivity index (χ3v) is 8.09. The van der Waals surface area contributed by atoms with Crippen LogP contribution in [0.3, 0.4) is 0 Å². The minimum Gasteiger partial charge on any atom is -0.465 e. The molecule has 3 heterocycles. The summed E-state index contributed by atoms with van der Waals surface area (Å²) in [5, 5.41) is 1.71. The lowest BCUT2D eigenvalue weighted by molar-refractivity contribution is 0.0602. The molecule has 1 aliphatic rings. The molecule has 0 unspecified atom stereocenters. The van der Waals surface area contributed by atoms with E-state index in [1.165, 1.54) is 11.4 Å². The molecule has 9 heteroatoms. The van der Waals surface area contributed by atoms with Crippen LogP contribution in [0.1, 0.15) is 9.67 Å². The highest BCUT2D eigenvalue weighted by atomic mass is 32.2. The summed E-state index contributed by atoms with van der Waals surface area (Å²) in [6, 6.07) is 14.9. The first-order chi connectivity index (χ1) is 14.5. The second-order valence-electron chi connectivity index (χ2n) is 6.74. The van der Waals surface area contributed by atoms with E-state index in [1.807, 2.05) is 48.5 Å². The maximum absolute atomic E-state index is 13.6. The lowest BCUT2D eigenvalue weighted by atomic mass is 10.1. The van der Waals surface area contributed by atoms with Gasteiger partial charge in [0.15, 0.2) is 0 Å². The Hall–Kier alpha value is -2.75. The van der Waals surface area contributed by atoms with Crippen molar-refractivity contribution in [3.63, 3.8) is 0 Å². The summed E-state index contributed by atoms with van der Waals surface area (Å²) in [6.07, 6.45) is 1.72. The van der Waals surface area contributed by atoms with Crippen molar-refractivity contribution in [1.29, 1.82) is 0 Å². The van der Waals surface area contributed by atoms with E-state index in [1.54, 1.807) is 11.6 Å². The number of ether oxygens (including phenoxy) is 1. The summed E-state index contributed by atoms with van der Waals surface area (Å²) in [6.45, 7) is 1.66. The number of benzene rings is 1. The molecule has 3 aromatic rings. The minimum atomic E-state index is -3.89. The number of thiophene rings is 1. The van der Waals surface area contributed by atoms with Crippen molar-refractivity contribution in [2.24, 2.45) is 0 Å². The Morgan fingerprint density at radius 1 is 1.03 bits per heavy atom. The Labute approximate surface area is 179 Å². The number of piperazine rings is 1. The van der Waals surface area contributed by atoms with Crippen molar-refractivity contribution in [2.75, 3.05) is 38.2 Å². The summed E-state index contributed by atoms with van der Waals surface area (Å²) >= 11 is 1.09. The van der Waals surface area contributed by atoms with Gasteiger partial charge in [-0.1, -0.05) is 36.4 Å². The normalized spacial score (nSPS) is 15.2. The topological polar surface area (TPSA) is 79.8 Å². The maximum atomic E-state index is 13.6. The Balaban J connectivity index is 1.67. The molecule has 0 aliphatic carbocycles. The zero-order chi connectivity index (χ0) is 21.1. The van der Waals surface area contributed by atoms with Crippen LogP contribution in [0.2, 0.25) is 0 Å². The van der Waals surface area contributed by atoms with Crippen molar-refractivity contribution >= 4 is 33.1 Å². The molecule has 30 heavy (non-hydrogen) atoms. The molecule has 1 aromatic carbocycles. The number of methoxy groups -OCH3 is 1. The Morgan fingerprint density at radius 3 is 2.37 bits per heavy atom. The molecule has 0 saturated carbocycles. The van der Waals surface area contributed by atoms with E-state index >= 15 is 0 Å². The van der Waals surface area contributed by atoms with Crippen LogP contribution in [0.5, 0.6) is 0 Å². The zero-order valence-electron chi connectivity index (χ0n) is 16.4. The first kappa shape index (κ1) is 20.5. The van der Waals surface area contributed by atoms with E-state index in [0.29, 0.717) is 31.7 Å². The number of rotatable bonds is 5. The number of pyridine rings is 1. The third-order valence-electron chi connectivity index (χ3n) is 5.01. The molecule has 0 spiro atoms. The first-order valence-electron chi connectivity index (χ1n) is 9.43. The fourth-order valence-corrected chi connectivity index (χ4v) is 6.58. The average molecular weight is 444 g/mol. The van der Waals surface area contributed by atoms with E-state index < -0.39 is 16.0 Å². The van der Waals surface area contributed by atoms with E-state index in [-0.39, 0.29) is 9.77 Å². The van der Waals surface area contributed by atoms with Crippen LogP contribution in [0.15, 0.2) is 65.0 Å². The van der Waals surface area contributed by atoms with Gasteiger partial charge in [0.25, 0.3) is 0 Å². The summed E-state index contributed by atoms with van der Waals surface area (Å²) in [7, 11) is -2.64. The maximum Gasteiger partial charge on any atom is 0.349 e. The predicted molar refractivity (Wildman–Crippen MR) is 116 cm³/mol. The molecule has 0 N–H and O–H groups in total. The Kier molecular flexibility index (Phi) is 5.85. The molecule has 2 aromatic heterocycles. The van der Waals surface area contributed by atoms with Crippen LogP contribution in [-0.2, 0) is 14.8 Å². The van der Waals surface area contributed by atoms with E-state index in [0.717, 1.165) is 22.7 Å². The van der Waals surface area contributed by atoms with Crippen molar-refractivity contribution in [2.45, 2.75) is 4.90 Å². The van der Waals surface area contributed by atoms with Gasteiger partial charge in [-0.3, -0.25) is 0 Å². The molecule has 7 nitrogen and oxygen atoms in total. The summed E-state index contributed by atoms with van der Waals surface area (Å²) < 4.78 is 33.5. The molecule has 1 saturated heterocycles. The molecular weight excluding hydrogens is 422 g/mol. The number of aromatic nitrogens is 1. The molecule has 1 aliphatic heterocycles. The second-order valence-corrected chi connectivity index (χ2v) is 9.50. The molecule has 1 fully saturated rings. The predicted octanol–water partition coefficient (Wildman–Crippen LogP) is 3.11. The number of carbonyl (C=O) groups excluding carboxylic acids is 1. The number of anilines is 1. The van der Waals surface area contributed by atoms with Crippen molar-refractivity contribution in [1.82, 2.24) is 9.29 Å². The molecule has 0 amide bonds. The number of hydrogen-bond acceptors (Lipinski definition) is 7. The van der Waals surface area contributed by atoms with Gasteiger partial charge in [-0.2, -0.15) is 4.31 Å². The minimum absolute atomic E-state index is 0.0248. The van der Waals surface area contributed by atoms with Crippen LogP contribution < -0.4 is 4.90 Å². The van der Waals surface area contributed by atoms with Crippen molar-refractivity contribution < 1.29 is 17.9 Å².